The zero-order valence-corrected chi connectivity index (χ0v) is 7.55. The van der Waals surface area contributed by atoms with Crippen LogP contribution in [0.5, 0.6) is 0 Å². The Morgan fingerprint density at radius 3 is 2.93 bits per heavy atom. The van der Waals surface area contributed by atoms with Gasteiger partial charge in [0.15, 0.2) is 0 Å². The standard InChI is InChI=1S/C9H12N2O3/c10-8(9(13)14)4-7-3-6(5-12)1-2-11-7/h1-3,8,12H,4-5,10H2,(H,13,14)/t8-/m1/s1. The van der Waals surface area contributed by atoms with E-state index in [1.54, 1.807) is 12.1 Å². The van der Waals surface area contributed by atoms with Crippen molar-refractivity contribution < 1.29 is 15.0 Å². The number of nitrogens with zero attached hydrogens (tertiary/aromatic N) is 1. The molecular formula is C9H12N2O3. The highest BCUT2D eigenvalue weighted by Gasteiger charge is 2.12. The lowest BCUT2D eigenvalue weighted by Crippen LogP contribution is -2.32. The topological polar surface area (TPSA) is 96.4 Å². The average molecular weight is 196 g/mol. The first kappa shape index (κ1) is 10.6. The molecule has 0 unspecified atom stereocenters. The summed E-state index contributed by atoms with van der Waals surface area (Å²) in [6, 6.07) is 2.36. The molecule has 1 atom stereocenters. The van der Waals surface area contributed by atoms with Crippen molar-refractivity contribution in [3.05, 3.63) is 29.6 Å². The molecule has 0 fully saturated rings. The molecule has 0 saturated heterocycles. The molecule has 0 bridgehead atoms. The van der Waals surface area contributed by atoms with Crippen LogP contribution >= 0.6 is 0 Å². The van der Waals surface area contributed by atoms with Crippen molar-refractivity contribution in [1.82, 2.24) is 4.98 Å². The minimum atomic E-state index is -1.05. The van der Waals surface area contributed by atoms with Crippen molar-refractivity contribution in [3.8, 4) is 0 Å². The monoisotopic (exact) mass is 196 g/mol. The Bertz CT molecular complexity index is 328. The molecule has 1 aromatic rings. The summed E-state index contributed by atoms with van der Waals surface area (Å²) >= 11 is 0. The highest BCUT2D eigenvalue weighted by Crippen LogP contribution is 2.03. The molecule has 1 heterocycles. The Hall–Kier alpha value is -1.46. The number of pyridine rings is 1. The molecule has 14 heavy (non-hydrogen) atoms. The van der Waals surface area contributed by atoms with Gasteiger partial charge < -0.3 is 15.9 Å². The van der Waals surface area contributed by atoms with Crippen LogP contribution in [0.15, 0.2) is 18.3 Å². The lowest BCUT2D eigenvalue weighted by Gasteiger charge is -2.06. The summed E-state index contributed by atoms with van der Waals surface area (Å²) in [7, 11) is 0. The first-order chi connectivity index (χ1) is 6.63. The maximum Gasteiger partial charge on any atom is 0.320 e. The van der Waals surface area contributed by atoms with Gasteiger partial charge in [0.2, 0.25) is 0 Å². The first-order valence-corrected chi connectivity index (χ1v) is 4.16. The molecule has 0 spiro atoms. The molecule has 5 heteroatoms. The van der Waals surface area contributed by atoms with E-state index in [9.17, 15) is 4.79 Å². The number of rotatable bonds is 4. The summed E-state index contributed by atoms with van der Waals surface area (Å²) in [6.45, 7) is -0.0855. The fourth-order valence-electron chi connectivity index (χ4n) is 1.05. The lowest BCUT2D eigenvalue weighted by molar-refractivity contribution is -0.138. The van der Waals surface area contributed by atoms with E-state index in [0.29, 0.717) is 11.3 Å². The first-order valence-electron chi connectivity index (χ1n) is 4.16. The van der Waals surface area contributed by atoms with Gasteiger partial charge in [0.1, 0.15) is 6.04 Å². The summed E-state index contributed by atoms with van der Waals surface area (Å²) in [5.74, 6) is -1.05. The third kappa shape index (κ3) is 2.79. The third-order valence-electron chi connectivity index (χ3n) is 1.81. The van der Waals surface area contributed by atoms with Crippen LogP contribution in [-0.2, 0) is 17.8 Å². The van der Waals surface area contributed by atoms with Crippen molar-refractivity contribution in [2.45, 2.75) is 19.1 Å². The Morgan fingerprint density at radius 2 is 2.36 bits per heavy atom. The van der Waals surface area contributed by atoms with Crippen molar-refractivity contribution in [2.24, 2.45) is 5.73 Å². The zero-order valence-electron chi connectivity index (χ0n) is 7.55. The maximum atomic E-state index is 10.5. The van der Waals surface area contributed by atoms with Crippen LogP contribution in [0.1, 0.15) is 11.3 Å². The number of carboxylic acid groups (broad SMARTS) is 1. The predicted molar refractivity (Wildman–Crippen MR) is 49.5 cm³/mol. The van der Waals surface area contributed by atoms with Gasteiger partial charge in [-0.15, -0.1) is 0 Å². The molecule has 4 N–H and O–H groups in total. The van der Waals surface area contributed by atoms with Gasteiger partial charge >= 0.3 is 5.97 Å². The minimum absolute atomic E-state index is 0.0855. The van der Waals surface area contributed by atoms with Gasteiger partial charge in [-0.25, -0.2) is 0 Å². The van der Waals surface area contributed by atoms with E-state index in [4.69, 9.17) is 15.9 Å². The fourth-order valence-corrected chi connectivity index (χ4v) is 1.05. The molecular weight excluding hydrogens is 184 g/mol. The number of carboxylic acids is 1. The van der Waals surface area contributed by atoms with E-state index >= 15 is 0 Å². The van der Waals surface area contributed by atoms with E-state index in [1.807, 2.05) is 0 Å². The Kier molecular flexibility index (Phi) is 3.55. The van der Waals surface area contributed by atoms with Crippen LogP contribution in [0, 0.1) is 0 Å². The Labute approximate surface area is 81.2 Å². The third-order valence-corrected chi connectivity index (χ3v) is 1.81. The van der Waals surface area contributed by atoms with E-state index in [-0.39, 0.29) is 13.0 Å². The fraction of sp³-hybridized carbons (Fsp3) is 0.333. The number of aliphatic hydroxyl groups is 1. The second kappa shape index (κ2) is 4.69. The van der Waals surface area contributed by atoms with Crippen molar-refractivity contribution in [2.75, 3.05) is 0 Å². The number of hydrogen-bond acceptors (Lipinski definition) is 4. The van der Waals surface area contributed by atoms with Gasteiger partial charge in [-0.3, -0.25) is 9.78 Å². The Balaban J connectivity index is 2.71. The molecule has 0 amide bonds. The zero-order chi connectivity index (χ0) is 10.6. The smallest absolute Gasteiger partial charge is 0.320 e. The van der Waals surface area contributed by atoms with E-state index in [0.717, 1.165) is 0 Å². The summed E-state index contributed by atoms with van der Waals surface area (Å²) in [5, 5.41) is 17.4. The quantitative estimate of drug-likeness (QED) is 0.604. The van der Waals surface area contributed by atoms with Gasteiger partial charge in [-0.05, 0) is 17.7 Å². The average Bonchev–Trinajstić information content (AvgIpc) is 2.18. The van der Waals surface area contributed by atoms with Crippen molar-refractivity contribution in [1.29, 1.82) is 0 Å². The molecule has 0 aliphatic carbocycles. The number of nitrogens with two attached hydrogens (primary N) is 1. The summed E-state index contributed by atoms with van der Waals surface area (Å²) in [4.78, 5) is 14.4. The number of hydrogen-bond donors (Lipinski definition) is 3. The number of aromatic nitrogens is 1. The normalized spacial score (nSPS) is 12.4. The number of carbonyl (C=O) groups is 1. The lowest BCUT2D eigenvalue weighted by atomic mass is 10.1. The summed E-state index contributed by atoms with van der Waals surface area (Å²) in [5.41, 5.74) is 6.61. The van der Waals surface area contributed by atoms with Crippen LogP contribution in [-0.4, -0.2) is 27.2 Å². The molecule has 5 nitrogen and oxygen atoms in total. The highest BCUT2D eigenvalue weighted by molar-refractivity contribution is 5.73. The van der Waals surface area contributed by atoms with Gasteiger partial charge in [0.05, 0.1) is 6.61 Å². The minimum Gasteiger partial charge on any atom is -0.480 e. The largest absolute Gasteiger partial charge is 0.480 e. The molecule has 0 aromatic carbocycles. The molecule has 1 rings (SSSR count). The van der Waals surface area contributed by atoms with Crippen molar-refractivity contribution in [3.63, 3.8) is 0 Å². The molecule has 0 aliphatic heterocycles. The van der Waals surface area contributed by atoms with Gasteiger partial charge in [0.25, 0.3) is 0 Å². The van der Waals surface area contributed by atoms with Crippen LogP contribution in [0.4, 0.5) is 0 Å². The molecule has 0 saturated carbocycles. The van der Waals surface area contributed by atoms with Gasteiger partial charge in [0, 0.05) is 18.3 Å². The molecule has 0 aliphatic rings. The predicted octanol–water partition coefficient (Wildman–Crippen LogP) is -0.472. The highest BCUT2D eigenvalue weighted by atomic mass is 16.4. The van der Waals surface area contributed by atoms with E-state index in [1.165, 1.54) is 6.20 Å². The number of aliphatic carboxylic acids is 1. The van der Waals surface area contributed by atoms with Crippen LogP contribution in [0.3, 0.4) is 0 Å². The van der Waals surface area contributed by atoms with E-state index in [2.05, 4.69) is 4.98 Å². The van der Waals surface area contributed by atoms with Crippen LogP contribution in [0.2, 0.25) is 0 Å². The second-order valence-corrected chi connectivity index (χ2v) is 2.96. The van der Waals surface area contributed by atoms with Crippen molar-refractivity contribution >= 4 is 5.97 Å². The Morgan fingerprint density at radius 1 is 1.64 bits per heavy atom. The molecule has 76 valence electrons. The number of aliphatic hydroxyl groups excluding tert-OH is 1. The molecule has 1 aromatic heterocycles. The maximum absolute atomic E-state index is 10.5. The van der Waals surface area contributed by atoms with Crippen LogP contribution in [0.25, 0.3) is 0 Å². The molecule has 0 radical (unpaired) electrons. The van der Waals surface area contributed by atoms with Gasteiger partial charge in [-0.1, -0.05) is 0 Å². The summed E-state index contributed by atoms with van der Waals surface area (Å²) < 4.78 is 0. The SMILES string of the molecule is N[C@H](Cc1cc(CO)ccn1)C(=O)O. The van der Waals surface area contributed by atoms with Crippen LogP contribution < -0.4 is 5.73 Å². The second-order valence-electron chi connectivity index (χ2n) is 2.96. The van der Waals surface area contributed by atoms with Gasteiger partial charge in [-0.2, -0.15) is 0 Å². The van der Waals surface area contributed by atoms with E-state index < -0.39 is 12.0 Å². The summed E-state index contributed by atoms with van der Waals surface area (Å²) in [6.07, 6.45) is 1.69.